The average molecular weight is 573 g/mol. The second-order valence-electron chi connectivity index (χ2n) is 11.1. The van der Waals surface area contributed by atoms with Gasteiger partial charge in [0.2, 0.25) is 0 Å². The van der Waals surface area contributed by atoms with Gasteiger partial charge in [-0.15, -0.1) is 0 Å². The number of aryl methyl sites for hydroxylation is 1. The van der Waals surface area contributed by atoms with E-state index in [9.17, 15) is 9.59 Å². The highest BCUT2D eigenvalue weighted by atomic mass is 16.5. The standard InChI is InChI=1S/C17H23NO4.C15H17N5/c18-11-13-1-6-14(7-2-13)17(21)22-15-8-3-12(4-9-15)5-10-16(19)20;1-2-4-13-12(3-1)11-20-10-7-17-14(20)15(18-13)19-8-5-16-6-9-19/h3-4,8-9,13-14H,1-2,5-7,10-11,18H2,(H,19,20);1-4,7,10,16H,5-6,8-9,11H2/t13-,14-;. The molecule has 0 amide bonds. The van der Waals surface area contributed by atoms with Gasteiger partial charge in [0.25, 0.3) is 0 Å². The first-order chi connectivity index (χ1) is 20.5. The van der Waals surface area contributed by atoms with Gasteiger partial charge in [-0.2, -0.15) is 0 Å². The van der Waals surface area contributed by atoms with Gasteiger partial charge in [-0.1, -0.05) is 30.3 Å². The van der Waals surface area contributed by atoms with Gasteiger partial charge in [0.1, 0.15) is 5.75 Å². The Morgan fingerprint density at radius 3 is 2.48 bits per heavy atom. The first kappa shape index (κ1) is 29.5. The summed E-state index contributed by atoms with van der Waals surface area (Å²) in [5.74, 6) is 2.01. The zero-order chi connectivity index (χ0) is 29.3. The van der Waals surface area contributed by atoms with Crippen LogP contribution in [0.5, 0.6) is 5.75 Å². The van der Waals surface area contributed by atoms with Gasteiger partial charge in [-0.3, -0.25) is 9.59 Å². The van der Waals surface area contributed by atoms with Gasteiger partial charge in [0, 0.05) is 45.0 Å². The van der Waals surface area contributed by atoms with Gasteiger partial charge < -0.3 is 30.4 Å². The summed E-state index contributed by atoms with van der Waals surface area (Å²) in [4.78, 5) is 34.4. The first-order valence-corrected chi connectivity index (χ1v) is 14.9. The van der Waals surface area contributed by atoms with Crippen molar-refractivity contribution in [2.45, 2.75) is 45.1 Å². The van der Waals surface area contributed by atoms with Gasteiger partial charge in [-0.05, 0) is 73.9 Å². The number of hydrogen-bond acceptors (Lipinski definition) is 8. The summed E-state index contributed by atoms with van der Waals surface area (Å²) < 4.78 is 7.60. The Kier molecular flexibility index (Phi) is 9.99. The number of nitrogens with zero attached hydrogens (tertiary/aromatic N) is 4. The van der Waals surface area contributed by atoms with E-state index in [1.807, 2.05) is 18.5 Å². The molecule has 3 aliphatic rings. The minimum absolute atomic E-state index is 0.0329. The highest BCUT2D eigenvalue weighted by molar-refractivity contribution is 5.98. The lowest BCUT2D eigenvalue weighted by molar-refractivity contribution is -0.140. The number of carbonyl (C=O) groups is 2. The van der Waals surface area contributed by atoms with Crippen molar-refractivity contribution in [1.29, 1.82) is 0 Å². The Hall–Kier alpha value is -4.02. The Bertz CT molecular complexity index is 1370. The molecule has 2 aliphatic heterocycles. The highest BCUT2D eigenvalue weighted by Crippen LogP contribution is 2.30. The SMILES string of the molecule is NC[C@H]1CC[C@H](C(=O)Oc2ccc(CCC(=O)O)cc2)CC1.c1ccc2c(c1)Cn1ccnc1C(N1CCNCC1)=N2. The van der Waals surface area contributed by atoms with Crippen LogP contribution < -0.4 is 15.8 Å². The zero-order valence-corrected chi connectivity index (χ0v) is 24.0. The van der Waals surface area contributed by atoms with Crippen LogP contribution in [0.25, 0.3) is 0 Å². The fraction of sp³-hybridized carbons (Fsp3) is 0.438. The molecule has 0 bridgehead atoms. The molecule has 0 radical (unpaired) electrons. The molecule has 3 aromatic rings. The minimum atomic E-state index is -0.816. The highest BCUT2D eigenvalue weighted by Gasteiger charge is 2.27. The van der Waals surface area contributed by atoms with Crippen molar-refractivity contribution in [2.75, 3.05) is 32.7 Å². The van der Waals surface area contributed by atoms with E-state index in [-0.39, 0.29) is 18.3 Å². The molecule has 4 N–H and O–H groups in total. The van der Waals surface area contributed by atoms with Gasteiger partial charge in [-0.25, -0.2) is 9.98 Å². The van der Waals surface area contributed by atoms with Crippen molar-refractivity contribution in [2.24, 2.45) is 22.6 Å². The Labute approximate surface area is 246 Å². The number of fused-ring (bicyclic) bond motifs is 2. The van der Waals surface area contributed by atoms with Crippen LogP contribution in [0, 0.1) is 11.8 Å². The molecule has 0 spiro atoms. The number of carbonyl (C=O) groups excluding carboxylic acids is 1. The molecule has 1 aromatic heterocycles. The molecule has 3 heterocycles. The summed E-state index contributed by atoms with van der Waals surface area (Å²) in [5.41, 5.74) is 8.88. The van der Waals surface area contributed by atoms with Crippen molar-refractivity contribution in [3.63, 3.8) is 0 Å². The number of carboxylic acids is 1. The quantitative estimate of drug-likeness (QED) is 0.301. The van der Waals surface area contributed by atoms with Gasteiger partial charge in [0.15, 0.2) is 11.7 Å². The Morgan fingerprint density at radius 1 is 1.02 bits per heavy atom. The predicted octanol–water partition coefficient (Wildman–Crippen LogP) is 3.60. The Balaban J connectivity index is 0.000000168. The van der Waals surface area contributed by atoms with E-state index in [0.717, 1.165) is 81.3 Å². The molecule has 10 nitrogen and oxygen atoms in total. The number of esters is 1. The summed E-state index contributed by atoms with van der Waals surface area (Å²) in [7, 11) is 0. The zero-order valence-electron chi connectivity index (χ0n) is 24.0. The van der Waals surface area contributed by atoms with E-state index in [1.165, 1.54) is 5.56 Å². The van der Waals surface area contributed by atoms with Crippen molar-refractivity contribution in [3.05, 3.63) is 77.9 Å². The topological polar surface area (TPSA) is 135 Å². The van der Waals surface area contributed by atoms with Crippen LogP contribution in [0.1, 0.15) is 49.1 Å². The third kappa shape index (κ3) is 7.63. The Morgan fingerprint density at radius 2 is 1.76 bits per heavy atom. The molecule has 2 fully saturated rings. The molecule has 222 valence electrons. The number of nitrogens with two attached hydrogens (primary N) is 1. The summed E-state index contributed by atoms with van der Waals surface area (Å²) in [6, 6.07) is 15.4. The fourth-order valence-electron chi connectivity index (χ4n) is 5.64. The summed E-state index contributed by atoms with van der Waals surface area (Å²) in [5, 5.41) is 12.0. The van der Waals surface area contributed by atoms with Crippen LogP contribution in [0.2, 0.25) is 0 Å². The lowest BCUT2D eigenvalue weighted by Crippen LogP contribution is -2.47. The van der Waals surface area contributed by atoms with E-state index in [1.54, 1.807) is 24.3 Å². The molecule has 1 aliphatic carbocycles. The minimum Gasteiger partial charge on any atom is -0.481 e. The number of amidine groups is 1. The van der Waals surface area contributed by atoms with E-state index in [0.29, 0.717) is 24.6 Å². The first-order valence-electron chi connectivity index (χ1n) is 14.9. The van der Waals surface area contributed by atoms with E-state index < -0.39 is 5.97 Å². The number of para-hydroxylation sites is 1. The fourth-order valence-corrected chi connectivity index (χ4v) is 5.64. The third-order valence-electron chi connectivity index (χ3n) is 8.17. The average Bonchev–Trinajstić information content (AvgIpc) is 3.42. The summed E-state index contributed by atoms with van der Waals surface area (Å²) in [6.07, 6.45) is 8.15. The van der Waals surface area contributed by atoms with Crippen LogP contribution in [-0.4, -0.2) is 70.1 Å². The number of benzene rings is 2. The lowest BCUT2D eigenvalue weighted by Gasteiger charge is -2.29. The molecule has 1 saturated heterocycles. The van der Waals surface area contributed by atoms with Crippen LogP contribution in [-0.2, 0) is 22.6 Å². The maximum absolute atomic E-state index is 12.1. The number of aromatic nitrogens is 2. The molecule has 6 rings (SSSR count). The number of piperazine rings is 1. The number of aliphatic carboxylic acids is 1. The molecule has 0 unspecified atom stereocenters. The number of rotatable bonds is 6. The number of ether oxygens (including phenoxy) is 1. The second-order valence-corrected chi connectivity index (χ2v) is 11.1. The van der Waals surface area contributed by atoms with Crippen LogP contribution in [0.4, 0.5) is 5.69 Å². The number of nitrogens with one attached hydrogen (secondary N) is 1. The van der Waals surface area contributed by atoms with Crippen LogP contribution in [0.3, 0.4) is 0 Å². The van der Waals surface area contributed by atoms with E-state index >= 15 is 0 Å². The molecule has 42 heavy (non-hydrogen) atoms. The van der Waals surface area contributed by atoms with Gasteiger partial charge in [0.05, 0.1) is 18.2 Å². The molecular weight excluding hydrogens is 532 g/mol. The van der Waals surface area contributed by atoms with Gasteiger partial charge >= 0.3 is 11.9 Å². The smallest absolute Gasteiger partial charge is 0.314 e. The maximum atomic E-state index is 12.1. The van der Waals surface area contributed by atoms with E-state index in [4.69, 9.17) is 20.6 Å². The molecule has 1 saturated carbocycles. The molecule has 0 atom stereocenters. The molecule has 10 heteroatoms. The number of aliphatic imine (C=N–C) groups is 1. The predicted molar refractivity (Wildman–Crippen MR) is 161 cm³/mol. The molecule has 2 aromatic carbocycles. The summed E-state index contributed by atoms with van der Waals surface area (Å²) >= 11 is 0. The third-order valence-corrected chi connectivity index (χ3v) is 8.17. The number of hydrogen-bond donors (Lipinski definition) is 3. The van der Waals surface area contributed by atoms with Crippen molar-refractivity contribution in [3.8, 4) is 5.75 Å². The maximum Gasteiger partial charge on any atom is 0.314 e. The van der Waals surface area contributed by atoms with Crippen LogP contribution >= 0.6 is 0 Å². The lowest BCUT2D eigenvalue weighted by atomic mass is 9.82. The summed E-state index contributed by atoms with van der Waals surface area (Å²) in [6.45, 7) is 5.49. The monoisotopic (exact) mass is 572 g/mol. The van der Waals surface area contributed by atoms with Crippen molar-refractivity contribution in [1.82, 2.24) is 19.8 Å². The van der Waals surface area contributed by atoms with Crippen molar-refractivity contribution < 1.29 is 19.4 Å². The number of carboxylic acid groups (broad SMARTS) is 1. The van der Waals surface area contributed by atoms with E-state index in [2.05, 4.69) is 38.0 Å². The normalized spacial score (nSPS) is 19.7. The number of imidazole rings is 1. The van der Waals surface area contributed by atoms with Crippen LogP contribution in [0.15, 0.2) is 65.9 Å². The molecular formula is C32H40N6O4. The second kappa shape index (κ2) is 14.2. The van der Waals surface area contributed by atoms with Crippen molar-refractivity contribution >= 4 is 23.5 Å². The largest absolute Gasteiger partial charge is 0.481 e.